The van der Waals surface area contributed by atoms with Crippen molar-refractivity contribution in [2.24, 2.45) is 4.99 Å². The van der Waals surface area contributed by atoms with Gasteiger partial charge in [0, 0.05) is 16.8 Å². The van der Waals surface area contributed by atoms with E-state index < -0.39 is 0 Å². The highest BCUT2D eigenvalue weighted by Gasteiger charge is 2.11. The van der Waals surface area contributed by atoms with Gasteiger partial charge >= 0.3 is 0 Å². The summed E-state index contributed by atoms with van der Waals surface area (Å²) in [6.45, 7) is 5.91. The van der Waals surface area contributed by atoms with Gasteiger partial charge in [-0.05, 0) is 50.6 Å². The predicted octanol–water partition coefficient (Wildman–Crippen LogP) is 5.19. The quantitative estimate of drug-likeness (QED) is 0.710. The van der Waals surface area contributed by atoms with Crippen LogP contribution in [-0.4, -0.2) is 19.4 Å². The molecule has 0 heterocycles. The van der Waals surface area contributed by atoms with Crippen LogP contribution >= 0.6 is 11.6 Å². The molecule has 116 valence electrons. The Kier molecular flexibility index (Phi) is 5.45. The summed E-state index contributed by atoms with van der Waals surface area (Å²) in [5.41, 5.74) is 2.66. The second-order valence-electron chi connectivity index (χ2n) is 5.19. The molecule has 0 radical (unpaired) electrons. The smallest absolute Gasteiger partial charge is 0.170 e. The molecule has 0 aliphatic rings. The van der Waals surface area contributed by atoms with Crippen LogP contribution in [0.25, 0.3) is 0 Å². The first-order valence-corrected chi connectivity index (χ1v) is 7.53. The first kappa shape index (κ1) is 16.4. The van der Waals surface area contributed by atoms with Crippen molar-refractivity contribution >= 4 is 23.5 Å². The standard InChI is InChI=1S/C18H20ClNO2/c1-12(2)22-18-14(7-5-10-17(18)21-4)11-20-16-9-6-8-15(19)13(16)3/h5-12H,1-4H3. The fourth-order valence-electron chi connectivity index (χ4n) is 2.03. The van der Waals surface area contributed by atoms with Gasteiger partial charge in [-0.1, -0.05) is 23.7 Å². The summed E-state index contributed by atoms with van der Waals surface area (Å²) in [4.78, 5) is 4.54. The molecule has 0 atom stereocenters. The van der Waals surface area contributed by atoms with Crippen molar-refractivity contribution in [1.29, 1.82) is 0 Å². The summed E-state index contributed by atoms with van der Waals surface area (Å²) >= 11 is 6.12. The molecule has 22 heavy (non-hydrogen) atoms. The van der Waals surface area contributed by atoms with Gasteiger partial charge in [-0.25, -0.2) is 0 Å². The Morgan fingerprint density at radius 2 is 1.86 bits per heavy atom. The summed E-state index contributed by atoms with van der Waals surface area (Å²) in [6.07, 6.45) is 1.83. The number of para-hydroxylation sites is 1. The van der Waals surface area contributed by atoms with Crippen molar-refractivity contribution in [3.05, 3.63) is 52.5 Å². The van der Waals surface area contributed by atoms with Crippen LogP contribution in [0.3, 0.4) is 0 Å². The molecule has 0 N–H and O–H groups in total. The van der Waals surface area contributed by atoms with E-state index in [1.165, 1.54) is 0 Å². The van der Waals surface area contributed by atoms with E-state index in [1.807, 2.05) is 57.2 Å². The summed E-state index contributed by atoms with van der Waals surface area (Å²) < 4.78 is 11.2. The van der Waals surface area contributed by atoms with Crippen LogP contribution in [0.1, 0.15) is 25.0 Å². The van der Waals surface area contributed by atoms with Crippen molar-refractivity contribution in [2.75, 3.05) is 7.11 Å². The molecule has 0 fully saturated rings. The first-order chi connectivity index (χ1) is 10.5. The van der Waals surface area contributed by atoms with E-state index in [-0.39, 0.29) is 6.10 Å². The minimum absolute atomic E-state index is 0.0522. The molecule has 0 spiro atoms. The Morgan fingerprint density at radius 3 is 2.55 bits per heavy atom. The van der Waals surface area contributed by atoms with E-state index in [0.29, 0.717) is 16.5 Å². The molecule has 3 nitrogen and oxygen atoms in total. The van der Waals surface area contributed by atoms with Gasteiger partial charge in [-0.15, -0.1) is 0 Å². The number of benzene rings is 2. The number of nitrogens with zero attached hydrogens (tertiary/aromatic N) is 1. The minimum Gasteiger partial charge on any atom is -0.493 e. The Morgan fingerprint density at radius 1 is 1.14 bits per heavy atom. The zero-order chi connectivity index (χ0) is 16.1. The summed E-state index contributed by atoms with van der Waals surface area (Å²) in [5, 5.41) is 0.707. The third-order valence-corrected chi connectivity index (χ3v) is 3.57. The van der Waals surface area contributed by atoms with E-state index in [4.69, 9.17) is 21.1 Å². The number of ether oxygens (including phenoxy) is 2. The van der Waals surface area contributed by atoms with Gasteiger partial charge < -0.3 is 9.47 Å². The maximum atomic E-state index is 6.12. The largest absolute Gasteiger partial charge is 0.493 e. The summed E-state index contributed by atoms with van der Waals surface area (Å²) in [5.74, 6) is 1.39. The monoisotopic (exact) mass is 317 g/mol. The van der Waals surface area contributed by atoms with Crippen molar-refractivity contribution in [2.45, 2.75) is 26.9 Å². The van der Waals surface area contributed by atoms with E-state index in [1.54, 1.807) is 13.3 Å². The minimum atomic E-state index is 0.0522. The molecule has 0 aromatic heterocycles. The Hall–Kier alpha value is -2.00. The van der Waals surface area contributed by atoms with Crippen LogP contribution in [-0.2, 0) is 0 Å². The zero-order valence-electron chi connectivity index (χ0n) is 13.3. The summed E-state index contributed by atoms with van der Waals surface area (Å²) in [6, 6.07) is 11.4. The lowest BCUT2D eigenvalue weighted by atomic mass is 10.2. The first-order valence-electron chi connectivity index (χ1n) is 7.15. The van der Waals surface area contributed by atoms with Gasteiger partial charge in [-0.3, -0.25) is 4.99 Å². The van der Waals surface area contributed by atoms with E-state index in [9.17, 15) is 0 Å². The van der Waals surface area contributed by atoms with Crippen LogP contribution in [0.15, 0.2) is 41.4 Å². The maximum absolute atomic E-state index is 6.12. The van der Waals surface area contributed by atoms with Gasteiger partial charge in [0.1, 0.15) is 0 Å². The molecular weight excluding hydrogens is 298 g/mol. The lowest BCUT2D eigenvalue weighted by Crippen LogP contribution is -2.08. The van der Waals surface area contributed by atoms with Gasteiger partial charge in [0.05, 0.1) is 18.9 Å². The highest BCUT2D eigenvalue weighted by molar-refractivity contribution is 6.31. The molecule has 0 amide bonds. The van der Waals surface area contributed by atoms with Crippen LogP contribution in [0.4, 0.5) is 5.69 Å². The molecule has 0 aliphatic carbocycles. The normalized spacial score (nSPS) is 11.2. The second-order valence-corrected chi connectivity index (χ2v) is 5.59. The molecule has 0 aliphatic heterocycles. The van der Waals surface area contributed by atoms with Gasteiger partial charge in [0.25, 0.3) is 0 Å². The molecule has 0 saturated heterocycles. The van der Waals surface area contributed by atoms with Crippen LogP contribution in [0.2, 0.25) is 5.02 Å². The lowest BCUT2D eigenvalue weighted by molar-refractivity contribution is 0.230. The fraction of sp³-hybridized carbons (Fsp3) is 0.278. The van der Waals surface area contributed by atoms with E-state index >= 15 is 0 Å². The highest BCUT2D eigenvalue weighted by Crippen LogP contribution is 2.32. The second kappa shape index (κ2) is 7.32. The lowest BCUT2D eigenvalue weighted by Gasteiger charge is -2.15. The van der Waals surface area contributed by atoms with E-state index in [0.717, 1.165) is 16.8 Å². The summed E-state index contributed by atoms with van der Waals surface area (Å²) in [7, 11) is 1.63. The zero-order valence-corrected chi connectivity index (χ0v) is 14.0. The third-order valence-electron chi connectivity index (χ3n) is 3.16. The average Bonchev–Trinajstić information content (AvgIpc) is 2.49. The number of hydrogen-bond donors (Lipinski definition) is 0. The third kappa shape index (κ3) is 3.80. The van der Waals surface area contributed by atoms with Crippen molar-refractivity contribution in [3.8, 4) is 11.5 Å². The van der Waals surface area contributed by atoms with Gasteiger partial charge in [-0.2, -0.15) is 0 Å². The predicted molar refractivity (Wildman–Crippen MR) is 92.2 cm³/mol. The molecule has 4 heteroatoms. The Balaban J connectivity index is 2.40. The molecule has 2 aromatic rings. The van der Waals surface area contributed by atoms with E-state index in [2.05, 4.69) is 4.99 Å². The van der Waals surface area contributed by atoms with Crippen LogP contribution < -0.4 is 9.47 Å². The van der Waals surface area contributed by atoms with Gasteiger partial charge in [0.2, 0.25) is 0 Å². The SMILES string of the molecule is COc1cccc(C=Nc2cccc(Cl)c2C)c1OC(C)C. The maximum Gasteiger partial charge on any atom is 0.170 e. The van der Waals surface area contributed by atoms with Crippen molar-refractivity contribution in [3.63, 3.8) is 0 Å². The molecule has 0 saturated carbocycles. The van der Waals surface area contributed by atoms with Gasteiger partial charge in [0.15, 0.2) is 11.5 Å². The topological polar surface area (TPSA) is 30.8 Å². The van der Waals surface area contributed by atoms with Crippen LogP contribution in [0, 0.1) is 6.92 Å². The molecule has 2 rings (SSSR count). The van der Waals surface area contributed by atoms with Crippen LogP contribution in [0.5, 0.6) is 11.5 Å². The number of methoxy groups -OCH3 is 1. The average molecular weight is 318 g/mol. The highest BCUT2D eigenvalue weighted by atomic mass is 35.5. The Labute approximate surface area is 136 Å². The Bertz CT molecular complexity index is 681. The molecule has 2 aromatic carbocycles. The van der Waals surface area contributed by atoms with Crippen molar-refractivity contribution < 1.29 is 9.47 Å². The fourth-order valence-corrected chi connectivity index (χ4v) is 2.20. The number of halogens is 1. The number of aliphatic imine (C=N–C) groups is 1. The molecule has 0 unspecified atom stereocenters. The molecule has 0 bridgehead atoms. The van der Waals surface area contributed by atoms with Crippen molar-refractivity contribution in [1.82, 2.24) is 0 Å². The number of hydrogen-bond acceptors (Lipinski definition) is 3. The number of rotatable bonds is 5. The molecular formula is C18H20ClNO2.